The average Bonchev–Trinajstić information content (AvgIpc) is 2.98. The summed E-state index contributed by atoms with van der Waals surface area (Å²) >= 11 is 2.07. The summed E-state index contributed by atoms with van der Waals surface area (Å²) in [6.07, 6.45) is -1.69. The quantitative estimate of drug-likeness (QED) is 0.591. The number of ether oxygens (including phenoxy) is 2. The lowest BCUT2D eigenvalue weighted by molar-refractivity contribution is -0.0471. The van der Waals surface area contributed by atoms with Gasteiger partial charge in [0.25, 0.3) is 0 Å². The largest absolute Gasteiger partial charge is 0.474 e. The van der Waals surface area contributed by atoms with Gasteiger partial charge in [-0.15, -0.1) is 0 Å². The number of nitrogen functional groups attached to an aromatic ring is 1. The van der Waals surface area contributed by atoms with Crippen molar-refractivity contribution in [2.75, 3.05) is 12.3 Å². The van der Waals surface area contributed by atoms with Crippen LogP contribution in [0.15, 0.2) is 0 Å². The van der Waals surface area contributed by atoms with Gasteiger partial charge in [0, 0.05) is 6.42 Å². The summed E-state index contributed by atoms with van der Waals surface area (Å²) in [4.78, 5) is 8.39. The molecule has 3 rings (SSSR count). The van der Waals surface area contributed by atoms with E-state index in [0.717, 1.165) is 0 Å². The van der Waals surface area contributed by atoms with Gasteiger partial charge in [-0.3, -0.25) is 0 Å². The highest BCUT2D eigenvalue weighted by Gasteiger charge is 2.36. The van der Waals surface area contributed by atoms with Crippen molar-refractivity contribution in [3.8, 4) is 5.88 Å². The number of anilines is 1. The Morgan fingerprint density at radius 2 is 2.22 bits per heavy atom. The van der Waals surface area contributed by atoms with Gasteiger partial charge in [0.05, 0.1) is 18.8 Å². The van der Waals surface area contributed by atoms with Gasteiger partial charge in [0.2, 0.25) is 11.8 Å². The van der Waals surface area contributed by atoms with Gasteiger partial charge >= 0.3 is 0 Å². The number of aliphatic hydroxyl groups excluding tert-OH is 2. The van der Waals surface area contributed by atoms with E-state index in [0.29, 0.717) is 27.0 Å². The molecule has 0 bridgehead atoms. The second-order valence-corrected chi connectivity index (χ2v) is 6.62. The maximum atomic E-state index is 9.92. The molecule has 1 fully saturated rings. The van der Waals surface area contributed by atoms with Crippen LogP contribution in [0.1, 0.15) is 26.5 Å². The molecule has 126 valence electrons. The minimum atomic E-state index is -0.757. The third kappa shape index (κ3) is 3.07. The summed E-state index contributed by atoms with van der Waals surface area (Å²) in [6.45, 7) is 3.53. The Kier molecular flexibility index (Phi) is 4.58. The normalized spacial score (nSPS) is 24.7. The molecule has 23 heavy (non-hydrogen) atoms. The molecule has 9 nitrogen and oxygen atoms in total. The van der Waals surface area contributed by atoms with Gasteiger partial charge in [-0.25, -0.2) is 4.68 Å². The van der Waals surface area contributed by atoms with Crippen molar-refractivity contribution in [3.63, 3.8) is 0 Å². The summed E-state index contributed by atoms with van der Waals surface area (Å²) in [5.74, 6) is 0.443. The SMILES string of the molecule is CC(C)Oc1nc(N)nc2c1c(I)nn2[C@H]1C[C@@H](O)[C@@H](CO)O1. The fraction of sp³-hybridized carbons (Fsp3) is 0.615. The summed E-state index contributed by atoms with van der Waals surface area (Å²) in [6, 6.07) is 0. The van der Waals surface area contributed by atoms with Gasteiger partial charge in [-0.1, -0.05) is 0 Å². The molecule has 0 aromatic carbocycles. The van der Waals surface area contributed by atoms with E-state index in [9.17, 15) is 10.2 Å². The van der Waals surface area contributed by atoms with Crippen molar-refractivity contribution in [2.45, 2.75) is 44.8 Å². The highest BCUT2D eigenvalue weighted by molar-refractivity contribution is 14.1. The van der Waals surface area contributed by atoms with Crippen LogP contribution in [0.2, 0.25) is 0 Å². The molecule has 4 N–H and O–H groups in total. The zero-order chi connectivity index (χ0) is 16.7. The molecule has 0 spiro atoms. The first-order valence-electron chi connectivity index (χ1n) is 7.23. The Morgan fingerprint density at radius 1 is 1.48 bits per heavy atom. The summed E-state index contributed by atoms with van der Waals surface area (Å²) in [5, 5.41) is 24.2. The van der Waals surface area contributed by atoms with E-state index in [1.165, 1.54) is 0 Å². The maximum absolute atomic E-state index is 9.92. The van der Waals surface area contributed by atoms with Crippen molar-refractivity contribution < 1.29 is 19.7 Å². The van der Waals surface area contributed by atoms with Crippen molar-refractivity contribution in [1.82, 2.24) is 19.7 Å². The molecule has 3 heterocycles. The molecule has 0 amide bonds. The van der Waals surface area contributed by atoms with Crippen LogP contribution in [0.4, 0.5) is 5.95 Å². The minimum Gasteiger partial charge on any atom is -0.474 e. The third-order valence-electron chi connectivity index (χ3n) is 3.50. The fourth-order valence-corrected chi connectivity index (χ4v) is 3.23. The van der Waals surface area contributed by atoms with Gasteiger partial charge in [-0.2, -0.15) is 15.1 Å². The second kappa shape index (κ2) is 6.34. The third-order valence-corrected chi connectivity index (χ3v) is 4.25. The number of aromatic nitrogens is 4. The molecule has 2 aromatic rings. The number of nitrogens with zero attached hydrogens (tertiary/aromatic N) is 4. The van der Waals surface area contributed by atoms with Crippen molar-refractivity contribution in [2.24, 2.45) is 0 Å². The van der Waals surface area contributed by atoms with E-state index in [-0.39, 0.29) is 18.7 Å². The highest BCUT2D eigenvalue weighted by atomic mass is 127. The van der Waals surface area contributed by atoms with E-state index in [2.05, 4.69) is 37.7 Å². The van der Waals surface area contributed by atoms with E-state index in [1.807, 2.05) is 13.8 Å². The molecule has 0 radical (unpaired) electrons. The van der Waals surface area contributed by atoms with Gasteiger partial charge in [0.1, 0.15) is 15.2 Å². The first-order valence-corrected chi connectivity index (χ1v) is 8.30. The van der Waals surface area contributed by atoms with Crippen LogP contribution in [-0.4, -0.2) is 54.9 Å². The smallest absolute Gasteiger partial charge is 0.230 e. The Bertz CT molecular complexity index is 722. The van der Waals surface area contributed by atoms with E-state index in [1.54, 1.807) is 4.68 Å². The second-order valence-electron chi connectivity index (χ2n) is 5.60. The Balaban J connectivity index is 2.08. The summed E-state index contributed by atoms with van der Waals surface area (Å²) < 4.78 is 13.6. The van der Waals surface area contributed by atoms with Crippen LogP contribution >= 0.6 is 22.6 Å². The number of nitrogens with two attached hydrogens (primary N) is 1. The van der Waals surface area contributed by atoms with E-state index in [4.69, 9.17) is 15.2 Å². The topological polar surface area (TPSA) is 129 Å². The maximum Gasteiger partial charge on any atom is 0.230 e. The Morgan fingerprint density at radius 3 is 2.83 bits per heavy atom. The van der Waals surface area contributed by atoms with Crippen molar-refractivity contribution >= 4 is 39.6 Å². The van der Waals surface area contributed by atoms with Crippen LogP contribution in [0.5, 0.6) is 5.88 Å². The zero-order valence-corrected chi connectivity index (χ0v) is 14.8. The summed E-state index contributed by atoms with van der Waals surface area (Å²) in [7, 11) is 0. The van der Waals surface area contributed by atoms with Crippen LogP contribution in [0.3, 0.4) is 0 Å². The number of aliphatic hydroxyl groups is 2. The van der Waals surface area contributed by atoms with Gasteiger partial charge < -0.3 is 25.4 Å². The van der Waals surface area contributed by atoms with Gasteiger partial charge in [0.15, 0.2) is 11.9 Å². The van der Waals surface area contributed by atoms with Crippen molar-refractivity contribution in [1.29, 1.82) is 0 Å². The number of fused-ring (bicyclic) bond motifs is 1. The fourth-order valence-electron chi connectivity index (χ4n) is 2.52. The molecular formula is C13H18IN5O4. The number of hydrogen-bond acceptors (Lipinski definition) is 8. The molecule has 0 aliphatic carbocycles. The lowest BCUT2D eigenvalue weighted by atomic mass is 10.2. The first kappa shape index (κ1) is 16.6. The van der Waals surface area contributed by atoms with Gasteiger partial charge in [-0.05, 0) is 36.4 Å². The minimum absolute atomic E-state index is 0.0722. The van der Waals surface area contributed by atoms with E-state index < -0.39 is 18.4 Å². The number of rotatable bonds is 4. The Hall–Kier alpha value is -1.24. The lowest BCUT2D eigenvalue weighted by Crippen LogP contribution is -2.24. The lowest BCUT2D eigenvalue weighted by Gasteiger charge is -2.13. The standard InChI is InChI=1S/C13H18IN5O4/c1-5(2)22-12-9-10(14)18-19(11(9)16-13(15)17-12)8-3-6(21)7(4-20)23-8/h5-8,20-21H,3-4H2,1-2H3,(H2,15,16,17)/t6-,7-,8-/m1/s1. The van der Waals surface area contributed by atoms with Crippen LogP contribution in [0.25, 0.3) is 11.0 Å². The molecule has 0 unspecified atom stereocenters. The van der Waals surface area contributed by atoms with Crippen LogP contribution < -0.4 is 10.5 Å². The zero-order valence-electron chi connectivity index (χ0n) is 12.7. The van der Waals surface area contributed by atoms with E-state index >= 15 is 0 Å². The predicted molar refractivity (Wildman–Crippen MR) is 89.8 cm³/mol. The Labute approximate surface area is 145 Å². The molecule has 1 saturated heterocycles. The predicted octanol–water partition coefficient (Wildman–Crippen LogP) is 0.441. The first-order chi connectivity index (χ1) is 10.9. The molecule has 3 atom stereocenters. The van der Waals surface area contributed by atoms with Crippen molar-refractivity contribution in [3.05, 3.63) is 3.70 Å². The average molecular weight is 435 g/mol. The molecule has 0 saturated carbocycles. The molecule has 2 aromatic heterocycles. The number of halogens is 1. The monoisotopic (exact) mass is 435 g/mol. The molecule has 10 heteroatoms. The molecule has 1 aliphatic heterocycles. The summed E-state index contributed by atoms with van der Waals surface area (Å²) in [5.41, 5.74) is 6.26. The highest BCUT2D eigenvalue weighted by Crippen LogP contribution is 2.35. The molecular weight excluding hydrogens is 417 g/mol. The van der Waals surface area contributed by atoms with Crippen LogP contribution in [-0.2, 0) is 4.74 Å². The molecule has 1 aliphatic rings. The number of hydrogen-bond donors (Lipinski definition) is 3. The van der Waals surface area contributed by atoms with Crippen LogP contribution in [0, 0.1) is 3.70 Å².